The molecule has 6 rings (SSSR count). The van der Waals surface area contributed by atoms with Crippen molar-refractivity contribution in [1.82, 2.24) is 67.1 Å². The van der Waals surface area contributed by atoms with Gasteiger partial charge in [0.2, 0.25) is 47.3 Å². The number of aliphatic hydroxyl groups is 2. The molecule has 10 atom stereocenters. The van der Waals surface area contributed by atoms with Crippen LogP contribution >= 0.6 is 21.6 Å². The summed E-state index contributed by atoms with van der Waals surface area (Å²) in [5, 5.41) is 91.8. The maximum absolute atomic E-state index is 15.3. The number of phenols is 1. The van der Waals surface area contributed by atoms with Gasteiger partial charge in [-0.2, -0.15) is 5.26 Å². The maximum atomic E-state index is 15.3. The predicted molar refractivity (Wildman–Crippen MR) is 368 cm³/mol. The Kier molecular flexibility index (Phi) is 32.9. The number of hydrogen-bond donors (Lipinski definition) is 17. The number of amides is 8. The lowest BCUT2D eigenvalue weighted by Crippen LogP contribution is -2.62. The number of carboxylic acid groups (broad SMARTS) is 3. The SMILES string of the molecule is CC(O)C(NC(=O)C1CSSCC(NC(=O)[C@H](Cc2ccccc2)NC(=O)CN2CCN(CC(=O)O)CCN(CC(=O)O)CCN(CC(=O)OO)CC2)C(=O)NC(Cc2ccc(O)cc2)C(=O)N[C@@H](Cc2c[nH]c3ccccc23)C(=O)NC(CCCCN)C(=O)NC(C(C)O)C(=O)N1)C(=O)O. The van der Waals surface area contributed by atoms with Crippen LogP contribution < -0.4 is 48.3 Å². The van der Waals surface area contributed by atoms with Gasteiger partial charge in [-0.15, -0.1) is 0 Å². The molecular formula is C65H90N14O20S2. The van der Waals surface area contributed by atoms with Crippen LogP contribution in [0.3, 0.4) is 0 Å². The summed E-state index contributed by atoms with van der Waals surface area (Å²) in [5.74, 6) is -13.9. The van der Waals surface area contributed by atoms with Crippen molar-refractivity contribution in [2.75, 3.05) is 96.6 Å². The third-order valence-corrected chi connectivity index (χ3v) is 19.1. The molecule has 8 amide bonds. The topological polar surface area (TPSA) is 507 Å². The lowest BCUT2D eigenvalue weighted by Gasteiger charge is -2.33. The molecule has 36 heteroatoms. The van der Waals surface area contributed by atoms with Gasteiger partial charge < -0.3 is 83.9 Å². The highest BCUT2D eigenvalue weighted by Crippen LogP contribution is 2.25. The molecule has 101 heavy (non-hydrogen) atoms. The van der Waals surface area contributed by atoms with E-state index in [0.29, 0.717) is 34.0 Å². The number of carbonyl (C=O) groups excluding carboxylic acids is 9. The summed E-state index contributed by atoms with van der Waals surface area (Å²) in [6.45, 7) is 1.17. The molecule has 2 fully saturated rings. The number of nitrogens with two attached hydrogens (primary N) is 1. The van der Waals surface area contributed by atoms with E-state index in [0.717, 1.165) is 35.4 Å². The molecule has 0 saturated carbocycles. The van der Waals surface area contributed by atoms with E-state index >= 15 is 14.4 Å². The standard InChI is InChI=1S/C65H90N14O20S2/c1-38(80)56-64(95)73-51(63(94)75-57(39(2)81)65(96)97)37-101-100-36-50(62(93)70-48(29-41-15-17-43(82)18-16-41)60(91)71-49(30-42-31-67-45-13-7-6-12-44(42)45)61(92)69-46(58(89)74-56)14-8-9-19-66)72-59(90)47(28-40-10-4-3-5-11-40)68-52(83)32-76-20-22-77(33-53(84)85)23-24-78(34-54(86)87)25-27-79(26-21-76)35-55(88)99-98/h3-7,10-13,15-18,31,38-39,46-51,56-57,67,80-82,98H,8-9,14,19-30,32-37,66H2,1-2H3,(H,68,83)(H,69,92)(H,70,93)(H,71,91)(H,72,90)(H,73,95)(H,74,89)(H,75,94)(H,84,85)(H,86,87)(H,96,97)/t38?,39?,46?,47-,48?,49-,50?,51?,56?,57?/m0/s1. The first-order valence-corrected chi connectivity index (χ1v) is 35.2. The fourth-order valence-corrected chi connectivity index (χ4v) is 13.5. The second-order valence-electron chi connectivity index (χ2n) is 24.6. The van der Waals surface area contributed by atoms with Crippen molar-refractivity contribution in [3.8, 4) is 5.75 Å². The monoisotopic (exact) mass is 1450 g/mol. The number of carbonyl (C=O) groups is 12. The molecule has 8 unspecified atom stereocenters. The van der Waals surface area contributed by atoms with Crippen molar-refractivity contribution in [1.29, 1.82) is 0 Å². The Balaban J connectivity index is 1.41. The molecule has 0 spiro atoms. The largest absolute Gasteiger partial charge is 0.508 e. The number of carboxylic acids is 3. The summed E-state index contributed by atoms with van der Waals surface area (Å²) in [6, 6.07) is 7.84. The predicted octanol–water partition coefficient (Wildman–Crippen LogP) is -3.44. The Hall–Kier alpha value is -8.98. The molecule has 0 aliphatic carbocycles. The van der Waals surface area contributed by atoms with Gasteiger partial charge in [-0.1, -0.05) is 82.3 Å². The van der Waals surface area contributed by atoms with Gasteiger partial charge in [0.15, 0.2) is 6.04 Å². The highest BCUT2D eigenvalue weighted by atomic mass is 33.1. The number of nitrogens with one attached hydrogen (secondary N) is 9. The zero-order valence-electron chi connectivity index (χ0n) is 55.8. The molecular weight excluding hydrogens is 1360 g/mol. The first kappa shape index (κ1) is 81.0. The number of aromatic nitrogens is 1. The Morgan fingerprint density at radius 3 is 1.73 bits per heavy atom. The number of H-pyrrole nitrogens is 1. The summed E-state index contributed by atoms with van der Waals surface area (Å²) >= 11 is 0. The van der Waals surface area contributed by atoms with E-state index < -0.39 is 169 Å². The molecule has 3 heterocycles. The molecule has 2 aliphatic rings. The number of nitrogens with zero attached hydrogens (tertiary/aromatic N) is 4. The number of fused-ring (bicyclic) bond motifs is 1. The van der Waals surface area contributed by atoms with E-state index in [9.17, 15) is 79.0 Å². The zero-order chi connectivity index (χ0) is 73.7. The van der Waals surface area contributed by atoms with E-state index in [1.54, 1.807) is 80.4 Å². The number of aliphatic carboxylic acids is 3. The molecule has 34 nitrogen and oxygen atoms in total. The van der Waals surface area contributed by atoms with Crippen molar-refractivity contribution < 1.29 is 98.3 Å². The van der Waals surface area contributed by atoms with Crippen LogP contribution in [-0.4, -0.2) is 289 Å². The van der Waals surface area contributed by atoms with Crippen LogP contribution in [0, 0.1) is 0 Å². The van der Waals surface area contributed by atoms with Crippen LogP contribution in [0.2, 0.25) is 0 Å². The number of unbranched alkanes of at least 4 members (excludes halogenated alkanes) is 1. The van der Waals surface area contributed by atoms with Crippen molar-refractivity contribution in [3.63, 3.8) is 0 Å². The molecule has 2 aliphatic heterocycles. The van der Waals surface area contributed by atoms with Gasteiger partial charge in [0.1, 0.15) is 54.6 Å². The summed E-state index contributed by atoms with van der Waals surface area (Å²) < 4.78 is 0. The zero-order valence-corrected chi connectivity index (χ0v) is 57.5. The Morgan fingerprint density at radius 1 is 0.614 bits per heavy atom. The third kappa shape index (κ3) is 27.1. The molecule has 0 bridgehead atoms. The van der Waals surface area contributed by atoms with Crippen molar-refractivity contribution in [3.05, 3.63) is 102 Å². The maximum Gasteiger partial charge on any atom is 0.355 e. The number of aliphatic hydroxyl groups excluding tert-OH is 2. The number of aromatic hydroxyl groups is 1. The quantitative estimate of drug-likeness (QED) is 0.0126. The molecule has 1 aromatic heterocycles. The highest BCUT2D eigenvalue weighted by Gasteiger charge is 2.38. The van der Waals surface area contributed by atoms with Crippen molar-refractivity contribution >= 4 is 104 Å². The number of rotatable bonds is 26. The van der Waals surface area contributed by atoms with Crippen LogP contribution in [0.4, 0.5) is 0 Å². The number of para-hydroxylation sites is 1. The molecule has 18 N–H and O–H groups in total. The summed E-state index contributed by atoms with van der Waals surface area (Å²) in [6.07, 6.45) is -1.96. The van der Waals surface area contributed by atoms with Crippen LogP contribution in [0.15, 0.2) is 85.1 Å². The van der Waals surface area contributed by atoms with Gasteiger partial charge in [-0.05, 0) is 74.5 Å². The van der Waals surface area contributed by atoms with E-state index in [1.165, 1.54) is 24.3 Å². The van der Waals surface area contributed by atoms with E-state index in [2.05, 4.69) is 52.4 Å². The lowest BCUT2D eigenvalue weighted by molar-refractivity contribution is -0.235. The molecule has 2 saturated heterocycles. The third-order valence-electron chi connectivity index (χ3n) is 16.7. The minimum absolute atomic E-state index is 0.0202. The molecule has 3 aromatic carbocycles. The molecule has 552 valence electrons. The Morgan fingerprint density at radius 2 is 1.16 bits per heavy atom. The van der Waals surface area contributed by atoms with Crippen LogP contribution in [0.1, 0.15) is 49.8 Å². The van der Waals surface area contributed by atoms with Gasteiger partial charge in [0.25, 0.3) is 0 Å². The summed E-state index contributed by atoms with van der Waals surface area (Å²) in [4.78, 5) is 180. The van der Waals surface area contributed by atoms with Crippen LogP contribution in [-0.2, 0) is 81.7 Å². The van der Waals surface area contributed by atoms with Gasteiger partial charge in [-0.3, -0.25) is 72.4 Å². The van der Waals surface area contributed by atoms with Crippen LogP contribution in [0.25, 0.3) is 10.9 Å². The number of hydrogen-bond acceptors (Lipinski definition) is 24. The second kappa shape index (κ2) is 41.1. The average molecular weight is 1450 g/mol. The van der Waals surface area contributed by atoms with E-state index in [-0.39, 0.29) is 96.8 Å². The molecule has 0 radical (unpaired) electrons. The first-order valence-electron chi connectivity index (χ1n) is 32.7. The minimum Gasteiger partial charge on any atom is -0.508 e. The van der Waals surface area contributed by atoms with E-state index in [4.69, 9.17) is 5.73 Å². The minimum atomic E-state index is -1.91. The van der Waals surface area contributed by atoms with Crippen molar-refractivity contribution in [2.24, 2.45) is 5.73 Å². The first-order chi connectivity index (χ1) is 48.2. The fourth-order valence-electron chi connectivity index (χ4n) is 11.1. The number of aromatic amines is 1. The van der Waals surface area contributed by atoms with Crippen LogP contribution in [0.5, 0.6) is 5.75 Å². The summed E-state index contributed by atoms with van der Waals surface area (Å²) in [5.41, 5.74) is 7.94. The molecule has 4 aromatic rings. The van der Waals surface area contributed by atoms with Gasteiger partial charge in [0, 0.05) is 100 Å². The average Bonchev–Trinajstić information content (AvgIpc) is 1.77. The van der Waals surface area contributed by atoms with Gasteiger partial charge in [-0.25, -0.2) is 9.59 Å². The normalized spacial score (nSPS) is 21.7. The highest BCUT2D eigenvalue weighted by molar-refractivity contribution is 8.76. The van der Waals surface area contributed by atoms with E-state index in [1.807, 2.05) is 0 Å². The fraction of sp³-hybridized carbons (Fsp3) is 0.508. The lowest BCUT2D eigenvalue weighted by atomic mass is 10.0. The Labute approximate surface area is 589 Å². The smallest absolute Gasteiger partial charge is 0.355 e. The van der Waals surface area contributed by atoms with Crippen molar-refractivity contribution in [2.45, 2.75) is 113 Å². The number of benzene rings is 3. The summed E-state index contributed by atoms with van der Waals surface area (Å²) in [7, 11) is 1.65. The second-order valence-corrected chi connectivity index (χ2v) is 27.1. The Bertz CT molecular complexity index is 3460. The van der Waals surface area contributed by atoms with Gasteiger partial charge >= 0.3 is 23.9 Å². The number of phenolic OH excluding ortho intramolecular Hbond substituents is 1. The van der Waals surface area contributed by atoms with Gasteiger partial charge in [0.05, 0.1) is 31.8 Å².